The minimum Gasteiger partial charge on any atom is -0.320 e. The summed E-state index contributed by atoms with van der Waals surface area (Å²) in [7, 11) is 0. The molecule has 0 aliphatic heterocycles. The summed E-state index contributed by atoms with van der Waals surface area (Å²) >= 11 is 3.54. The van der Waals surface area contributed by atoms with Gasteiger partial charge in [0.1, 0.15) is 0 Å². The lowest BCUT2D eigenvalue weighted by Crippen LogP contribution is -2.14. The highest BCUT2D eigenvalue weighted by Gasteiger charge is 2.15. The number of aryl methyl sites for hydroxylation is 1. The zero-order chi connectivity index (χ0) is 14.9. The van der Waals surface area contributed by atoms with E-state index in [1.807, 2.05) is 0 Å². The molecule has 0 fully saturated rings. The highest BCUT2D eigenvalue weighted by atomic mass is 79.9. The second-order valence-corrected chi connectivity index (χ2v) is 7.33. The lowest BCUT2D eigenvalue weighted by Gasteiger charge is -2.20. The molecule has 0 radical (unpaired) electrons. The zero-order valence-corrected chi connectivity index (χ0v) is 14.2. The molecule has 0 heterocycles. The first-order chi connectivity index (χ1) is 9.27. The molecule has 0 spiro atoms. The van der Waals surface area contributed by atoms with Gasteiger partial charge in [-0.15, -0.1) is 0 Å². The number of rotatable bonds is 2. The van der Waals surface area contributed by atoms with Crippen LogP contribution in [0.4, 0.5) is 0 Å². The number of benzene rings is 2. The van der Waals surface area contributed by atoms with Gasteiger partial charge in [-0.25, -0.2) is 0 Å². The SMILES string of the molecule is Cc1cc(Br)cc(C(N)c2ccc(C(C)(C)C)cc2)c1. The van der Waals surface area contributed by atoms with Crippen LogP contribution in [0.1, 0.15) is 49.1 Å². The van der Waals surface area contributed by atoms with Crippen molar-refractivity contribution in [1.29, 1.82) is 0 Å². The standard InChI is InChI=1S/C18H22BrN/c1-12-9-14(11-16(19)10-12)17(20)13-5-7-15(8-6-13)18(2,3)4/h5-11,17H,20H2,1-4H3. The number of halogens is 1. The first-order valence-electron chi connectivity index (χ1n) is 6.90. The molecule has 1 nitrogen and oxygen atoms in total. The van der Waals surface area contributed by atoms with Crippen molar-refractivity contribution >= 4 is 15.9 Å². The van der Waals surface area contributed by atoms with Crippen LogP contribution < -0.4 is 5.73 Å². The van der Waals surface area contributed by atoms with Crippen molar-refractivity contribution in [2.75, 3.05) is 0 Å². The van der Waals surface area contributed by atoms with E-state index in [0.29, 0.717) is 0 Å². The molecule has 20 heavy (non-hydrogen) atoms. The molecular weight excluding hydrogens is 310 g/mol. The average molecular weight is 332 g/mol. The lowest BCUT2D eigenvalue weighted by molar-refractivity contribution is 0.589. The van der Waals surface area contributed by atoms with Gasteiger partial charge in [-0.2, -0.15) is 0 Å². The van der Waals surface area contributed by atoms with Gasteiger partial charge in [0, 0.05) is 4.47 Å². The molecule has 1 atom stereocenters. The predicted molar refractivity (Wildman–Crippen MR) is 90.1 cm³/mol. The smallest absolute Gasteiger partial charge is 0.0552 e. The second kappa shape index (κ2) is 5.71. The average Bonchev–Trinajstić information content (AvgIpc) is 2.36. The van der Waals surface area contributed by atoms with Crippen LogP contribution in [-0.4, -0.2) is 0 Å². The van der Waals surface area contributed by atoms with Crippen LogP contribution in [0.2, 0.25) is 0 Å². The fraction of sp³-hybridized carbons (Fsp3) is 0.333. The third-order valence-electron chi connectivity index (χ3n) is 3.56. The highest BCUT2D eigenvalue weighted by Crippen LogP contribution is 2.27. The summed E-state index contributed by atoms with van der Waals surface area (Å²) < 4.78 is 1.08. The maximum atomic E-state index is 6.39. The largest absolute Gasteiger partial charge is 0.320 e. The van der Waals surface area contributed by atoms with Crippen LogP contribution in [-0.2, 0) is 5.41 Å². The molecule has 0 aromatic heterocycles. The van der Waals surface area contributed by atoms with Gasteiger partial charge in [-0.05, 0) is 46.7 Å². The minimum atomic E-state index is -0.0831. The van der Waals surface area contributed by atoms with E-state index in [1.165, 1.54) is 11.1 Å². The van der Waals surface area contributed by atoms with Crippen LogP contribution in [0, 0.1) is 6.92 Å². The van der Waals surface area contributed by atoms with Gasteiger partial charge in [0.15, 0.2) is 0 Å². The van der Waals surface area contributed by atoms with Crippen molar-refractivity contribution in [3.8, 4) is 0 Å². The lowest BCUT2D eigenvalue weighted by atomic mass is 9.86. The Labute approximate surface area is 130 Å². The van der Waals surface area contributed by atoms with E-state index in [2.05, 4.69) is 86.1 Å². The Morgan fingerprint density at radius 3 is 2.05 bits per heavy atom. The Morgan fingerprint density at radius 1 is 0.950 bits per heavy atom. The van der Waals surface area contributed by atoms with Crippen molar-refractivity contribution in [1.82, 2.24) is 0 Å². The van der Waals surface area contributed by atoms with E-state index in [0.717, 1.165) is 15.6 Å². The molecule has 0 aliphatic carbocycles. The molecule has 2 aromatic carbocycles. The molecule has 2 rings (SSSR count). The van der Waals surface area contributed by atoms with Crippen molar-refractivity contribution in [3.63, 3.8) is 0 Å². The van der Waals surface area contributed by atoms with Crippen molar-refractivity contribution in [2.24, 2.45) is 5.73 Å². The summed E-state index contributed by atoms with van der Waals surface area (Å²) in [5.41, 5.74) is 11.4. The third-order valence-corrected chi connectivity index (χ3v) is 4.02. The first kappa shape index (κ1) is 15.3. The summed E-state index contributed by atoms with van der Waals surface area (Å²) in [6, 6.07) is 14.9. The third kappa shape index (κ3) is 3.50. The summed E-state index contributed by atoms with van der Waals surface area (Å²) in [6.07, 6.45) is 0. The van der Waals surface area contributed by atoms with Crippen LogP contribution in [0.25, 0.3) is 0 Å². The van der Waals surface area contributed by atoms with E-state index < -0.39 is 0 Å². The van der Waals surface area contributed by atoms with E-state index >= 15 is 0 Å². The van der Waals surface area contributed by atoms with E-state index in [1.54, 1.807) is 0 Å². The quantitative estimate of drug-likeness (QED) is 0.813. The van der Waals surface area contributed by atoms with Crippen molar-refractivity contribution in [2.45, 2.75) is 39.2 Å². The Bertz CT molecular complexity index is 574. The molecule has 106 valence electrons. The summed E-state index contributed by atoms with van der Waals surface area (Å²) in [6.45, 7) is 8.75. The maximum Gasteiger partial charge on any atom is 0.0552 e. The molecule has 2 aromatic rings. The van der Waals surface area contributed by atoms with Gasteiger partial charge in [-0.1, -0.05) is 67.0 Å². The Kier molecular flexibility index (Phi) is 4.36. The first-order valence-corrected chi connectivity index (χ1v) is 7.70. The second-order valence-electron chi connectivity index (χ2n) is 6.41. The highest BCUT2D eigenvalue weighted by molar-refractivity contribution is 9.10. The van der Waals surface area contributed by atoms with Crippen molar-refractivity contribution in [3.05, 3.63) is 69.2 Å². The van der Waals surface area contributed by atoms with Gasteiger partial charge in [0.2, 0.25) is 0 Å². The van der Waals surface area contributed by atoms with Gasteiger partial charge < -0.3 is 5.73 Å². The maximum absolute atomic E-state index is 6.39. The van der Waals surface area contributed by atoms with Crippen LogP contribution in [0.3, 0.4) is 0 Å². The molecule has 0 saturated heterocycles. The molecule has 1 unspecified atom stereocenters. The summed E-state index contributed by atoms with van der Waals surface area (Å²) in [4.78, 5) is 0. The van der Waals surface area contributed by atoms with Crippen molar-refractivity contribution < 1.29 is 0 Å². The van der Waals surface area contributed by atoms with Gasteiger partial charge >= 0.3 is 0 Å². The monoisotopic (exact) mass is 331 g/mol. The van der Waals surface area contributed by atoms with Crippen LogP contribution >= 0.6 is 15.9 Å². The molecule has 0 bridgehead atoms. The topological polar surface area (TPSA) is 26.0 Å². The Balaban J connectivity index is 2.31. The van der Waals surface area contributed by atoms with Gasteiger partial charge in [0.25, 0.3) is 0 Å². The normalized spacial score (nSPS) is 13.3. The van der Waals surface area contributed by atoms with Gasteiger partial charge in [0.05, 0.1) is 6.04 Å². The molecule has 0 saturated carbocycles. The minimum absolute atomic E-state index is 0.0831. The zero-order valence-electron chi connectivity index (χ0n) is 12.6. The van der Waals surface area contributed by atoms with Gasteiger partial charge in [-0.3, -0.25) is 0 Å². The Hall–Kier alpha value is -1.12. The molecule has 2 heteroatoms. The van der Waals surface area contributed by atoms with E-state index in [-0.39, 0.29) is 11.5 Å². The molecule has 2 N–H and O–H groups in total. The summed E-state index contributed by atoms with van der Waals surface area (Å²) in [5.74, 6) is 0. The van der Waals surface area contributed by atoms with E-state index in [4.69, 9.17) is 5.73 Å². The predicted octanol–water partition coefficient (Wildman–Crippen LogP) is 5.10. The number of nitrogens with two attached hydrogens (primary N) is 1. The Morgan fingerprint density at radius 2 is 1.55 bits per heavy atom. The number of hydrogen-bond donors (Lipinski definition) is 1. The summed E-state index contributed by atoms with van der Waals surface area (Å²) in [5, 5.41) is 0. The molecule has 0 aliphatic rings. The fourth-order valence-electron chi connectivity index (χ4n) is 2.33. The number of hydrogen-bond acceptors (Lipinski definition) is 1. The fourth-order valence-corrected chi connectivity index (χ4v) is 2.95. The molecule has 0 amide bonds. The van der Waals surface area contributed by atoms with Crippen LogP contribution in [0.5, 0.6) is 0 Å². The van der Waals surface area contributed by atoms with E-state index in [9.17, 15) is 0 Å². The molecular formula is C18H22BrN. The van der Waals surface area contributed by atoms with Crippen LogP contribution in [0.15, 0.2) is 46.9 Å².